The van der Waals surface area contributed by atoms with Crippen molar-refractivity contribution in [3.63, 3.8) is 0 Å². The van der Waals surface area contributed by atoms with Crippen molar-refractivity contribution in [3.05, 3.63) is 29.8 Å². The summed E-state index contributed by atoms with van der Waals surface area (Å²) in [6, 6.07) is 7.88. The van der Waals surface area contributed by atoms with Crippen LogP contribution >= 0.6 is 0 Å². The number of aliphatic hydroxyl groups is 2. The van der Waals surface area contributed by atoms with Gasteiger partial charge in [-0.25, -0.2) is 0 Å². The highest BCUT2D eigenvalue weighted by molar-refractivity contribution is 5.31. The summed E-state index contributed by atoms with van der Waals surface area (Å²) in [5.74, 6) is 0.851. The first-order valence-corrected chi connectivity index (χ1v) is 7.83. The number of para-hydroxylation sites is 1. The van der Waals surface area contributed by atoms with Gasteiger partial charge in [-0.15, -0.1) is 0 Å². The Kier molecular flexibility index (Phi) is 6.45. The Morgan fingerprint density at radius 1 is 1.14 bits per heavy atom. The average Bonchev–Trinajstić information content (AvgIpc) is 2.49. The van der Waals surface area contributed by atoms with Gasteiger partial charge >= 0.3 is 0 Å². The summed E-state index contributed by atoms with van der Waals surface area (Å²) in [6.45, 7) is 8.44. The van der Waals surface area contributed by atoms with Crippen molar-refractivity contribution < 1.29 is 24.7 Å². The van der Waals surface area contributed by atoms with E-state index >= 15 is 0 Å². The lowest BCUT2D eigenvalue weighted by molar-refractivity contribution is -1.01. The molecule has 5 nitrogen and oxygen atoms in total. The van der Waals surface area contributed by atoms with Crippen LogP contribution in [0, 0.1) is 6.92 Å². The Bertz CT molecular complexity index is 420. The monoisotopic (exact) mass is 296 g/mol. The standard InChI is InChI=1S/C16H26N2O3/c1-14-4-2-3-5-16(14)21-13-15(20)12-18-8-6-17(7-9-18)10-11-19/h2-5,15,19-20H,6-13H2,1H3/p+2/t15-/m0/s1. The third-order valence-corrected chi connectivity index (χ3v) is 4.18. The number of hydrogen-bond donors (Lipinski definition) is 4. The zero-order chi connectivity index (χ0) is 15.1. The van der Waals surface area contributed by atoms with Gasteiger partial charge in [0.2, 0.25) is 0 Å². The summed E-state index contributed by atoms with van der Waals surface area (Å²) in [5.41, 5.74) is 1.10. The lowest BCUT2D eigenvalue weighted by Crippen LogP contribution is -3.28. The van der Waals surface area contributed by atoms with E-state index in [2.05, 4.69) is 0 Å². The molecule has 1 aliphatic rings. The number of aliphatic hydroxyl groups excluding tert-OH is 2. The molecule has 0 unspecified atom stereocenters. The lowest BCUT2D eigenvalue weighted by Gasteiger charge is -2.30. The van der Waals surface area contributed by atoms with Crippen LogP contribution < -0.4 is 14.5 Å². The molecular formula is C16H28N2O3+2. The van der Waals surface area contributed by atoms with Gasteiger partial charge in [-0.2, -0.15) is 0 Å². The van der Waals surface area contributed by atoms with Gasteiger partial charge in [-0.1, -0.05) is 18.2 Å². The van der Waals surface area contributed by atoms with Gasteiger partial charge in [-0.3, -0.25) is 0 Å². The van der Waals surface area contributed by atoms with E-state index in [4.69, 9.17) is 9.84 Å². The third kappa shape index (κ3) is 5.28. The first-order chi connectivity index (χ1) is 10.2. The Balaban J connectivity index is 1.68. The zero-order valence-electron chi connectivity index (χ0n) is 12.8. The molecule has 0 aliphatic carbocycles. The molecule has 1 aromatic carbocycles. The maximum atomic E-state index is 10.1. The molecule has 1 aromatic rings. The Hall–Kier alpha value is -1.14. The summed E-state index contributed by atoms with van der Waals surface area (Å²) >= 11 is 0. The van der Waals surface area contributed by atoms with Gasteiger partial charge in [0.15, 0.2) is 0 Å². The quantitative estimate of drug-likeness (QED) is 0.450. The molecule has 5 heteroatoms. The van der Waals surface area contributed by atoms with Crippen LogP contribution in [0.3, 0.4) is 0 Å². The molecule has 1 heterocycles. The van der Waals surface area contributed by atoms with Crippen molar-refractivity contribution in [3.8, 4) is 5.75 Å². The minimum atomic E-state index is -0.431. The van der Waals surface area contributed by atoms with Gasteiger partial charge in [0.05, 0.1) is 6.61 Å². The van der Waals surface area contributed by atoms with Crippen LogP contribution in [0.5, 0.6) is 5.75 Å². The van der Waals surface area contributed by atoms with Crippen molar-refractivity contribution in [2.24, 2.45) is 0 Å². The number of benzene rings is 1. The van der Waals surface area contributed by atoms with E-state index in [-0.39, 0.29) is 6.61 Å². The normalized spacial score (nSPS) is 23.8. The van der Waals surface area contributed by atoms with E-state index in [1.54, 1.807) is 0 Å². The van der Waals surface area contributed by atoms with Gasteiger partial charge < -0.3 is 24.7 Å². The van der Waals surface area contributed by atoms with E-state index in [1.165, 1.54) is 9.80 Å². The highest BCUT2D eigenvalue weighted by Crippen LogP contribution is 2.15. The first kappa shape index (κ1) is 16.2. The molecule has 118 valence electrons. The van der Waals surface area contributed by atoms with E-state index in [0.29, 0.717) is 6.61 Å². The number of nitrogens with one attached hydrogen (secondary N) is 2. The molecule has 1 saturated heterocycles. The predicted molar refractivity (Wildman–Crippen MR) is 80.9 cm³/mol. The molecule has 1 atom stereocenters. The van der Waals surface area contributed by atoms with Crippen LogP contribution in [0.15, 0.2) is 24.3 Å². The molecule has 1 fully saturated rings. The van der Waals surface area contributed by atoms with Crippen molar-refractivity contribution >= 4 is 0 Å². The third-order valence-electron chi connectivity index (χ3n) is 4.18. The van der Waals surface area contributed by atoms with Crippen molar-refractivity contribution in [1.29, 1.82) is 0 Å². The summed E-state index contributed by atoms with van der Waals surface area (Å²) in [5, 5.41) is 19.1. The van der Waals surface area contributed by atoms with Crippen LogP contribution in [0.4, 0.5) is 0 Å². The second kappa shape index (κ2) is 8.34. The number of quaternary nitrogens is 2. The smallest absolute Gasteiger partial charge is 0.137 e. The van der Waals surface area contributed by atoms with E-state index in [0.717, 1.165) is 50.6 Å². The molecule has 0 bridgehead atoms. The van der Waals surface area contributed by atoms with Crippen molar-refractivity contribution in [2.45, 2.75) is 13.0 Å². The lowest BCUT2D eigenvalue weighted by atomic mass is 10.2. The van der Waals surface area contributed by atoms with Crippen LogP contribution in [0.25, 0.3) is 0 Å². The molecule has 0 radical (unpaired) electrons. The second-order valence-electron chi connectivity index (χ2n) is 5.91. The van der Waals surface area contributed by atoms with Gasteiger partial charge in [0.1, 0.15) is 57.7 Å². The highest BCUT2D eigenvalue weighted by atomic mass is 16.5. The summed E-state index contributed by atoms with van der Waals surface area (Å²) in [7, 11) is 0. The average molecular weight is 296 g/mol. The maximum Gasteiger partial charge on any atom is 0.137 e. The number of hydrogen-bond acceptors (Lipinski definition) is 3. The minimum absolute atomic E-state index is 0.261. The second-order valence-corrected chi connectivity index (χ2v) is 5.91. The molecule has 0 aromatic heterocycles. The predicted octanol–water partition coefficient (Wildman–Crippen LogP) is -2.49. The van der Waals surface area contributed by atoms with Crippen LogP contribution in [0.1, 0.15) is 5.56 Å². The van der Waals surface area contributed by atoms with E-state index in [1.807, 2.05) is 31.2 Å². The van der Waals surface area contributed by atoms with E-state index in [9.17, 15) is 5.11 Å². The Morgan fingerprint density at radius 2 is 1.81 bits per heavy atom. The molecule has 0 saturated carbocycles. The summed E-state index contributed by atoms with van der Waals surface area (Å²) < 4.78 is 5.70. The Morgan fingerprint density at radius 3 is 2.48 bits per heavy atom. The van der Waals surface area contributed by atoms with Crippen LogP contribution in [-0.2, 0) is 0 Å². The molecule has 4 N–H and O–H groups in total. The van der Waals surface area contributed by atoms with Crippen molar-refractivity contribution in [1.82, 2.24) is 0 Å². The number of piperazine rings is 1. The summed E-state index contributed by atoms with van der Waals surface area (Å²) in [4.78, 5) is 2.89. The largest absolute Gasteiger partial charge is 0.490 e. The van der Waals surface area contributed by atoms with E-state index < -0.39 is 6.10 Å². The molecule has 0 spiro atoms. The molecule has 2 rings (SSSR count). The fourth-order valence-electron chi connectivity index (χ4n) is 2.87. The number of ether oxygens (including phenoxy) is 1. The molecule has 21 heavy (non-hydrogen) atoms. The minimum Gasteiger partial charge on any atom is -0.490 e. The highest BCUT2D eigenvalue weighted by Gasteiger charge is 2.24. The van der Waals surface area contributed by atoms with Gasteiger partial charge in [-0.05, 0) is 18.6 Å². The number of rotatable bonds is 7. The fraction of sp³-hybridized carbons (Fsp3) is 0.625. The maximum absolute atomic E-state index is 10.1. The first-order valence-electron chi connectivity index (χ1n) is 7.83. The van der Waals surface area contributed by atoms with Crippen LogP contribution in [-0.4, -0.2) is 68.8 Å². The summed E-state index contributed by atoms with van der Waals surface area (Å²) in [6.07, 6.45) is -0.431. The SMILES string of the molecule is Cc1ccccc1OC[C@@H](O)C[NH+]1CC[NH+](CCO)CC1. The van der Waals surface area contributed by atoms with Gasteiger partial charge in [0.25, 0.3) is 0 Å². The van der Waals surface area contributed by atoms with Crippen LogP contribution in [0.2, 0.25) is 0 Å². The number of aryl methyl sites for hydroxylation is 1. The van der Waals surface area contributed by atoms with Crippen molar-refractivity contribution in [2.75, 3.05) is 52.5 Å². The molecular weight excluding hydrogens is 268 g/mol. The zero-order valence-corrected chi connectivity index (χ0v) is 12.8. The fourth-order valence-corrected chi connectivity index (χ4v) is 2.87. The Labute approximate surface area is 126 Å². The van der Waals surface area contributed by atoms with Gasteiger partial charge in [0, 0.05) is 0 Å². The molecule has 1 aliphatic heterocycles. The molecule has 0 amide bonds. The topological polar surface area (TPSA) is 58.6 Å².